The number of aromatic amines is 1. The van der Waals surface area contributed by atoms with Crippen LogP contribution < -0.4 is 9.47 Å². The fraction of sp³-hybridized carbons (Fsp3) is 0.258. The number of aliphatic hydroxyl groups excluding tert-OH is 1. The number of hydrogen-bond donors (Lipinski definition) is 3. The Labute approximate surface area is 249 Å². The molecule has 0 saturated heterocycles. The second-order valence-electron chi connectivity index (χ2n) is 9.93. The fourth-order valence-electron chi connectivity index (χ4n) is 4.82. The van der Waals surface area contributed by atoms with Crippen molar-refractivity contribution in [3.05, 3.63) is 89.1 Å². The van der Waals surface area contributed by atoms with E-state index in [1.807, 2.05) is 0 Å². The molecule has 3 N–H and O–H groups in total. The van der Waals surface area contributed by atoms with Crippen LogP contribution in [0.15, 0.2) is 54.7 Å². The largest absolute Gasteiger partial charge is 0.481 e. The van der Waals surface area contributed by atoms with Gasteiger partial charge in [0.1, 0.15) is 17.3 Å². The second kappa shape index (κ2) is 13.2. The molecule has 0 spiro atoms. The summed E-state index contributed by atoms with van der Waals surface area (Å²) in [5, 5.41) is 23.5. The summed E-state index contributed by atoms with van der Waals surface area (Å²) in [6, 6.07) is 11.8. The van der Waals surface area contributed by atoms with E-state index >= 15 is 8.78 Å². The Morgan fingerprint density at radius 1 is 1.11 bits per heavy atom. The number of methoxy groups -OCH3 is 1. The summed E-state index contributed by atoms with van der Waals surface area (Å²) in [6.45, 7) is 1.28. The minimum absolute atomic E-state index is 0.0123. The molecule has 0 aliphatic rings. The van der Waals surface area contributed by atoms with Crippen molar-refractivity contribution in [1.82, 2.24) is 19.7 Å². The molecule has 10 nitrogen and oxygen atoms in total. The number of carboxylic acid groups (broad SMARTS) is 1. The van der Waals surface area contributed by atoms with E-state index in [9.17, 15) is 14.3 Å². The Hall–Kier alpha value is -4.88. The lowest BCUT2D eigenvalue weighted by Crippen LogP contribution is -2.09. The molecule has 0 aliphatic heterocycles. The van der Waals surface area contributed by atoms with Crippen molar-refractivity contribution in [3.8, 4) is 28.6 Å². The first kappa shape index (κ1) is 30.6. The van der Waals surface area contributed by atoms with Gasteiger partial charge in [-0.1, -0.05) is 25.1 Å². The highest BCUT2D eigenvalue weighted by Crippen LogP contribution is 2.38. The van der Waals surface area contributed by atoms with Crippen LogP contribution in [0.4, 0.5) is 13.2 Å². The number of aliphatic hydroxyl groups is 1. The molecule has 0 bridgehead atoms. The Kier molecular flexibility index (Phi) is 9.16. The summed E-state index contributed by atoms with van der Waals surface area (Å²) in [7, 11) is 1.44. The van der Waals surface area contributed by atoms with Gasteiger partial charge in [0.25, 0.3) is 0 Å². The van der Waals surface area contributed by atoms with Crippen LogP contribution in [0.5, 0.6) is 17.2 Å². The van der Waals surface area contributed by atoms with Gasteiger partial charge >= 0.3 is 5.97 Å². The molecule has 230 valence electrons. The van der Waals surface area contributed by atoms with Crippen LogP contribution >= 0.6 is 0 Å². The number of nitrogens with one attached hydrogen (secondary N) is 1. The van der Waals surface area contributed by atoms with Crippen LogP contribution in [-0.2, 0) is 22.5 Å². The van der Waals surface area contributed by atoms with Crippen molar-refractivity contribution in [2.75, 3.05) is 20.5 Å². The highest BCUT2D eigenvalue weighted by Gasteiger charge is 2.25. The van der Waals surface area contributed by atoms with Crippen molar-refractivity contribution in [3.63, 3.8) is 0 Å². The number of rotatable bonds is 13. The molecule has 0 saturated carbocycles. The number of aromatic nitrogens is 4. The Morgan fingerprint density at radius 2 is 1.93 bits per heavy atom. The third kappa shape index (κ3) is 6.24. The molecular formula is C31H29F3N4O6. The first-order valence-corrected chi connectivity index (χ1v) is 13.7. The number of halogens is 3. The average molecular weight is 611 g/mol. The number of aliphatic carboxylic acids is 1. The molecule has 5 rings (SSSR count). The quantitative estimate of drug-likeness (QED) is 0.143. The van der Waals surface area contributed by atoms with Crippen LogP contribution in [0.1, 0.15) is 36.2 Å². The van der Waals surface area contributed by atoms with Gasteiger partial charge in [-0.15, -0.1) is 0 Å². The Balaban J connectivity index is 1.55. The summed E-state index contributed by atoms with van der Waals surface area (Å²) in [4.78, 5) is 18.4. The SMILES string of the molecule is COCOc1ccc(Oc2c(F)cc3[nH]ccc3c2F)cc1-c1nc(C(C)c2cccc(CCC(=O)O)c2F)nn1CCO. The van der Waals surface area contributed by atoms with Gasteiger partial charge in [0.05, 0.1) is 24.2 Å². The van der Waals surface area contributed by atoms with E-state index < -0.39 is 35.1 Å². The number of nitrogens with zero attached hydrogens (tertiary/aromatic N) is 3. The van der Waals surface area contributed by atoms with E-state index in [1.54, 1.807) is 19.1 Å². The average Bonchev–Trinajstić information content (AvgIpc) is 3.65. The smallest absolute Gasteiger partial charge is 0.303 e. The molecular weight excluding hydrogens is 581 g/mol. The molecule has 2 heterocycles. The number of aryl methyl sites for hydroxylation is 1. The molecule has 13 heteroatoms. The number of H-pyrrole nitrogens is 1. The van der Waals surface area contributed by atoms with E-state index in [0.29, 0.717) is 5.56 Å². The van der Waals surface area contributed by atoms with Crippen molar-refractivity contribution >= 4 is 16.9 Å². The maximum Gasteiger partial charge on any atom is 0.303 e. The third-order valence-corrected chi connectivity index (χ3v) is 7.02. The first-order valence-electron chi connectivity index (χ1n) is 13.7. The van der Waals surface area contributed by atoms with E-state index in [1.165, 1.54) is 48.3 Å². The van der Waals surface area contributed by atoms with Gasteiger partial charge < -0.3 is 29.4 Å². The minimum atomic E-state index is -1.04. The number of carbonyl (C=O) groups is 1. The van der Waals surface area contributed by atoms with E-state index in [2.05, 4.69) is 15.1 Å². The van der Waals surface area contributed by atoms with Gasteiger partial charge in [-0.05, 0) is 41.8 Å². The topological polar surface area (TPSA) is 132 Å². The number of fused-ring (bicyclic) bond motifs is 1. The lowest BCUT2D eigenvalue weighted by molar-refractivity contribution is -0.136. The Bertz CT molecular complexity index is 1810. The van der Waals surface area contributed by atoms with Crippen LogP contribution in [0.2, 0.25) is 0 Å². The predicted molar refractivity (Wildman–Crippen MR) is 153 cm³/mol. The zero-order chi connectivity index (χ0) is 31.4. The lowest BCUT2D eigenvalue weighted by atomic mass is 9.96. The molecule has 0 amide bonds. The van der Waals surface area contributed by atoms with Gasteiger partial charge in [-0.3, -0.25) is 4.79 Å². The molecule has 5 aromatic rings. The summed E-state index contributed by atoms with van der Waals surface area (Å²) >= 11 is 0. The van der Waals surface area contributed by atoms with Crippen LogP contribution in [0.3, 0.4) is 0 Å². The molecule has 1 atom stereocenters. The van der Waals surface area contributed by atoms with Gasteiger partial charge in [-0.2, -0.15) is 5.10 Å². The molecule has 44 heavy (non-hydrogen) atoms. The Morgan fingerprint density at radius 3 is 2.68 bits per heavy atom. The van der Waals surface area contributed by atoms with Crippen molar-refractivity contribution in [2.45, 2.75) is 32.2 Å². The summed E-state index contributed by atoms with van der Waals surface area (Å²) in [5.41, 5.74) is 1.10. The maximum absolute atomic E-state index is 15.4. The van der Waals surface area contributed by atoms with Gasteiger partial charge in [-0.25, -0.2) is 22.8 Å². The van der Waals surface area contributed by atoms with Gasteiger partial charge in [0, 0.05) is 37.1 Å². The maximum atomic E-state index is 15.4. The summed E-state index contributed by atoms with van der Waals surface area (Å²) in [6.07, 6.45) is 1.28. The number of carboxylic acids is 1. The molecule has 1 unspecified atom stereocenters. The van der Waals surface area contributed by atoms with Crippen LogP contribution in [0.25, 0.3) is 22.3 Å². The highest BCUT2D eigenvalue weighted by molar-refractivity contribution is 5.82. The monoisotopic (exact) mass is 610 g/mol. The van der Waals surface area contributed by atoms with E-state index in [-0.39, 0.29) is 78.0 Å². The molecule has 2 aromatic heterocycles. The lowest BCUT2D eigenvalue weighted by Gasteiger charge is -2.14. The second-order valence-corrected chi connectivity index (χ2v) is 9.93. The molecule has 0 fully saturated rings. The third-order valence-electron chi connectivity index (χ3n) is 7.02. The fourth-order valence-corrected chi connectivity index (χ4v) is 4.82. The highest BCUT2D eigenvalue weighted by atomic mass is 19.1. The van der Waals surface area contributed by atoms with Crippen molar-refractivity contribution in [1.29, 1.82) is 0 Å². The number of benzene rings is 3. The minimum Gasteiger partial charge on any atom is -0.481 e. The predicted octanol–water partition coefficient (Wildman–Crippen LogP) is 5.78. The van der Waals surface area contributed by atoms with Crippen LogP contribution in [-0.4, -0.2) is 56.4 Å². The van der Waals surface area contributed by atoms with Crippen molar-refractivity contribution < 1.29 is 42.4 Å². The van der Waals surface area contributed by atoms with Crippen molar-refractivity contribution in [2.24, 2.45) is 0 Å². The van der Waals surface area contributed by atoms with E-state index in [4.69, 9.17) is 19.3 Å². The molecule has 3 aromatic carbocycles. The van der Waals surface area contributed by atoms with Crippen LogP contribution in [0, 0.1) is 17.5 Å². The zero-order valence-electron chi connectivity index (χ0n) is 23.8. The number of ether oxygens (including phenoxy) is 3. The normalized spacial score (nSPS) is 12.0. The zero-order valence-corrected chi connectivity index (χ0v) is 23.8. The molecule has 0 aliphatic carbocycles. The standard InChI is InChI=1S/C31H29F3N4O6/c1-17(20-5-3-4-18(27(20)33)6-9-26(40)41)30-36-31(38(37-30)12-13-39)22-14-19(7-8-25(22)43-16-42-2)44-29-23(32)15-24-21(28(29)34)10-11-35-24/h3-5,7-8,10-11,14-15,17,35,39H,6,9,12-13,16H2,1-2H3,(H,40,41). The van der Waals surface area contributed by atoms with Gasteiger partial charge in [0.2, 0.25) is 0 Å². The number of hydrogen-bond acceptors (Lipinski definition) is 7. The first-order chi connectivity index (χ1) is 21.2. The molecule has 0 radical (unpaired) electrons. The van der Waals surface area contributed by atoms with Gasteiger partial charge in [0.15, 0.2) is 35.8 Å². The summed E-state index contributed by atoms with van der Waals surface area (Å²) < 4.78 is 63.3. The summed E-state index contributed by atoms with van der Waals surface area (Å²) in [5.74, 6) is -3.90. The van der Waals surface area contributed by atoms with E-state index in [0.717, 1.165) is 6.07 Å².